The van der Waals surface area contributed by atoms with Gasteiger partial charge in [-0.2, -0.15) is 0 Å². The third kappa shape index (κ3) is 3.81. The highest BCUT2D eigenvalue weighted by molar-refractivity contribution is 5.97. The zero-order valence-electron chi connectivity index (χ0n) is 17.7. The number of benzene rings is 1. The second kappa shape index (κ2) is 7.94. The molecule has 0 spiro atoms. The maximum absolute atomic E-state index is 13.1. The number of fused-ring (bicyclic) bond motifs is 1. The molecule has 1 aliphatic heterocycles. The number of imidazole rings is 2. The Morgan fingerprint density at radius 3 is 2.97 bits per heavy atom. The molecule has 0 saturated carbocycles. The lowest BCUT2D eigenvalue weighted by Gasteiger charge is -2.32. The second-order valence-corrected chi connectivity index (χ2v) is 8.24. The van der Waals surface area contributed by atoms with Gasteiger partial charge in [0.15, 0.2) is 0 Å². The highest BCUT2D eigenvalue weighted by Gasteiger charge is 2.25. The molecule has 4 aromatic rings. The van der Waals surface area contributed by atoms with Crippen molar-refractivity contribution in [1.29, 1.82) is 0 Å². The second-order valence-electron chi connectivity index (χ2n) is 8.24. The first-order valence-electron chi connectivity index (χ1n) is 10.6. The summed E-state index contributed by atoms with van der Waals surface area (Å²) >= 11 is 0. The predicted molar refractivity (Wildman–Crippen MR) is 117 cm³/mol. The van der Waals surface area contributed by atoms with Crippen molar-refractivity contribution in [2.24, 2.45) is 13.0 Å². The van der Waals surface area contributed by atoms with Crippen LogP contribution in [0.5, 0.6) is 0 Å². The molecule has 1 saturated heterocycles. The summed E-state index contributed by atoms with van der Waals surface area (Å²) in [7, 11) is 1.98. The Balaban J connectivity index is 1.30. The molecule has 158 valence electrons. The Hall–Kier alpha value is -3.55. The van der Waals surface area contributed by atoms with E-state index in [9.17, 15) is 4.79 Å². The van der Waals surface area contributed by atoms with Gasteiger partial charge in [0.05, 0.1) is 41.1 Å². The van der Waals surface area contributed by atoms with E-state index in [0.29, 0.717) is 11.5 Å². The summed E-state index contributed by atoms with van der Waals surface area (Å²) in [5.74, 6) is 1.38. The zero-order valence-corrected chi connectivity index (χ0v) is 17.7. The number of aromatic amines is 1. The minimum Gasteiger partial charge on any atom is -0.345 e. The highest BCUT2D eigenvalue weighted by Crippen LogP contribution is 2.24. The molecule has 8 heteroatoms. The minimum absolute atomic E-state index is 0.0754. The third-order valence-corrected chi connectivity index (χ3v) is 6.14. The van der Waals surface area contributed by atoms with Gasteiger partial charge in [0, 0.05) is 31.9 Å². The Bertz CT molecular complexity index is 1240. The van der Waals surface area contributed by atoms with Crippen molar-refractivity contribution < 1.29 is 4.79 Å². The van der Waals surface area contributed by atoms with Gasteiger partial charge in [0.25, 0.3) is 5.91 Å². The van der Waals surface area contributed by atoms with Crippen molar-refractivity contribution in [1.82, 2.24) is 34.4 Å². The van der Waals surface area contributed by atoms with E-state index in [-0.39, 0.29) is 5.91 Å². The van der Waals surface area contributed by atoms with E-state index in [1.54, 1.807) is 12.5 Å². The third-order valence-electron chi connectivity index (χ3n) is 6.14. The van der Waals surface area contributed by atoms with Gasteiger partial charge in [0.1, 0.15) is 11.5 Å². The number of aryl methyl sites for hydroxylation is 1. The lowest BCUT2D eigenvalue weighted by molar-refractivity contribution is 0.0673. The molecule has 0 aliphatic carbocycles. The van der Waals surface area contributed by atoms with Crippen molar-refractivity contribution in [3.8, 4) is 11.4 Å². The Labute approximate surface area is 180 Å². The van der Waals surface area contributed by atoms with Crippen LogP contribution in [0.4, 0.5) is 0 Å². The number of carbonyl (C=O) groups excluding carboxylic acids is 1. The maximum atomic E-state index is 13.1. The van der Waals surface area contributed by atoms with E-state index in [1.807, 2.05) is 54.0 Å². The largest absolute Gasteiger partial charge is 0.345 e. The van der Waals surface area contributed by atoms with Crippen LogP contribution in [0, 0.1) is 12.8 Å². The fraction of sp³-hybridized carbons (Fsp3) is 0.348. The number of hydrogen-bond acceptors (Lipinski definition) is 5. The van der Waals surface area contributed by atoms with E-state index in [4.69, 9.17) is 4.98 Å². The molecule has 1 aromatic carbocycles. The number of nitrogens with zero attached hydrogens (tertiary/aromatic N) is 6. The number of aromatic nitrogens is 6. The molecule has 1 amide bonds. The summed E-state index contributed by atoms with van der Waals surface area (Å²) in [6.07, 6.45) is 9.98. The van der Waals surface area contributed by atoms with Crippen LogP contribution < -0.4 is 0 Å². The molecule has 0 radical (unpaired) electrons. The van der Waals surface area contributed by atoms with Gasteiger partial charge in [-0.3, -0.25) is 9.78 Å². The summed E-state index contributed by atoms with van der Waals surface area (Å²) in [6.45, 7) is 3.49. The lowest BCUT2D eigenvalue weighted by Crippen LogP contribution is -2.40. The first kappa shape index (κ1) is 19.4. The Kier molecular flexibility index (Phi) is 4.97. The van der Waals surface area contributed by atoms with E-state index in [2.05, 4.69) is 19.9 Å². The van der Waals surface area contributed by atoms with Crippen molar-refractivity contribution in [3.05, 3.63) is 60.2 Å². The number of amides is 1. The summed E-state index contributed by atoms with van der Waals surface area (Å²) in [6, 6.07) is 5.64. The molecule has 0 bridgehead atoms. The van der Waals surface area contributed by atoms with E-state index >= 15 is 0 Å². The summed E-state index contributed by atoms with van der Waals surface area (Å²) in [5, 5.41) is 0. The molecular formula is C23H25N7O. The van der Waals surface area contributed by atoms with Crippen LogP contribution in [0.15, 0.2) is 43.1 Å². The van der Waals surface area contributed by atoms with Crippen molar-refractivity contribution in [2.45, 2.75) is 26.2 Å². The Morgan fingerprint density at radius 1 is 1.23 bits per heavy atom. The summed E-state index contributed by atoms with van der Waals surface area (Å²) in [5.41, 5.74) is 5.20. The fourth-order valence-corrected chi connectivity index (χ4v) is 4.33. The van der Waals surface area contributed by atoms with Crippen molar-refractivity contribution in [3.63, 3.8) is 0 Å². The van der Waals surface area contributed by atoms with E-state index in [0.717, 1.165) is 66.3 Å². The van der Waals surface area contributed by atoms with Gasteiger partial charge < -0.3 is 14.5 Å². The maximum Gasteiger partial charge on any atom is 0.253 e. The van der Waals surface area contributed by atoms with Crippen LogP contribution in [0.2, 0.25) is 0 Å². The van der Waals surface area contributed by atoms with Gasteiger partial charge in [-0.05, 0) is 50.3 Å². The molecule has 1 N–H and O–H groups in total. The molecule has 1 aliphatic rings. The number of likely N-dealkylation sites (tertiary alicyclic amines) is 1. The normalized spacial score (nSPS) is 16.7. The minimum atomic E-state index is 0.0754. The molecule has 31 heavy (non-hydrogen) atoms. The standard InChI is InChI=1S/C23H25N7O/c1-15-25-12-22(29(15)2)21-11-24-10-18(28-21)8-16-4-3-7-30(13-16)23(31)17-5-6-19-20(9-17)27-14-26-19/h5-6,9-12,14,16H,3-4,7-8,13H2,1-2H3,(H,26,27)/t16-/m0/s1. The highest BCUT2D eigenvalue weighted by atomic mass is 16.2. The summed E-state index contributed by atoms with van der Waals surface area (Å²) < 4.78 is 2.02. The van der Waals surface area contributed by atoms with Crippen LogP contribution in [-0.2, 0) is 13.5 Å². The smallest absolute Gasteiger partial charge is 0.253 e. The molecule has 5 rings (SSSR count). The number of carbonyl (C=O) groups is 1. The average molecular weight is 416 g/mol. The number of nitrogens with one attached hydrogen (secondary N) is 1. The number of rotatable bonds is 4. The quantitative estimate of drug-likeness (QED) is 0.553. The van der Waals surface area contributed by atoms with Gasteiger partial charge >= 0.3 is 0 Å². The van der Waals surface area contributed by atoms with Crippen LogP contribution in [-0.4, -0.2) is 53.4 Å². The summed E-state index contributed by atoms with van der Waals surface area (Å²) in [4.78, 5) is 36.0. The molecule has 1 fully saturated rings. The van der Waals surface area contributed by atoms with E-state index in [1.165, 1.54) is 0 Å². The van der Waals surface area contributed by atoms with Crippen molar-refractivity contribution in [2.75, 3.05) is 13.1 Å². The first-order chi connectivity index (χ1) is 15.1. The molecule has 4 heterocycles. The molecular weight excluding hydrogens is 390 g/mol. The number of piperidine rings is 1. The van der Waals surface area contributed by atoms with Gasteiger partial charge in [-0.15, -0.1) is 0 Å². The first-order valence-corrected chi connectivity index (χ1v) is 10.6. The molecule has 0 unspecified atom stereocenters. The Morgan fingerprint density at radius 2 is 2.13 bits per heavy atom. The molecule has 8 nitrogen and oxygen atoms in total. The van der Waals surface area contributed by atoms with Gasteiger partial charge in [-0.25, -0.2) is 15.0 Å². The average Bonchev–Trinajstić information content (AvgIpc) is 3.39. The number of hydrogen-bond donors (Lipinski definition) is 1. The number of H-pyrrole nitrogens is 1. The lowest BCUT2D eigenvalue weighted by atomic mass is 9.93. The fourth-order valence-electron chi connectivity index (χ4n) is 4.33. The van der Waals surface area contributed by atoms with E-state index < -0.39 is 0 Å². The van der Waals surface area contributed by atoms with Gasteiger partial charge in [0.2, 0.25) is 0 Å². The van der Waals surface area contributed by atoms with Crippen LogP contribution in [0.3, 0.4) is 0 Å². The van der Waals surface area contributed by atoms with Crippen LogP contribution >= 0.6 is 0 Å². The van der Waals surface area contributed by atoms with Crippen LogP contribution in [0.25, 0.3) is 22.4 Å². The monoisotopic (exact) mass is 415 g/mol. The molecule has 1 atom stereocenters. The predicted octanol–water partition coefficient (Wildman–Crippen LogP) is 3.16. The van der Waals surface area contributed by atoms with Gasteiger partial charge in [-0.1, -0.05) is 0 Å². The molecule has 3 aromatic heterocycles. The SMILES string of the molecule is Cc1ncc(-c2cncc(C[C@@H]3CCCN(C(=O)c4ccc5nc[nH]c5c4)C3)n2)n1C. The van der Waals surface area contributed by atoms with Crippen LogP contribution in [0.1, 0.15) is 34.7 Å². The topological polar surface area (TPSA) is 92.6 Å². The van der Waals surface area contributed by atoms with Crippen molar-refractivity contribution >= 4 is 16.9 Å². The zero-order chi connectivity index (χ0) is 21.4.